The van der Waals surface area contributed by atoms with Gasteiger partial charge >= 0.3 is 0 Å². The van der Waals surface area contributed by atoms with E-state index in [2.05, 4.69) is 36.5 Å². The molecule has 1 aromatic heterocycles. The summed E-state index contributed by atoms with van der Waals surface area (Å²) < 4.78 is 0.707. The number of halogens is 1. The third-order valence-electron chi connectivity index (χ3n) is 4.48. The molecule has 5 heteroatoms. The first-order valence-corrected chi connectivity index (χ1v) is 8.62. The maximum atomic E-state index is 4.52. The first-order chi connectivity index (χ1) is 9.83. The van der Waals surface area contributed by atoms with Crippen molar-refractivity contribution in [1.29, 1.82) is 0 Å². The third-order valence-corrected chi connectivity index (χ3v) is 4.83. The molecule has 0 amide bonds. The van der Waals surface area contributed by atoms with Crippen molar-refractivity contribution in [3.05, 3.63) is 16.0 Å². The summed E-state index contributed by atoms with van der Waals surface area (Å²) in [7, 11) is 0. The van der Waals surface area contributed by atoms with Crippen molar-refractivity contribution in [3.63, 3.8) is 0 Å². The maximum Gasteiger partial charge on any atom is 0.198 e. The second kappa shape index (κ2) is 6.85. The summed E-state index contributed by atoms with van der Waals surface area (Å²) in [5, 5.41) is 6.95. The molecule has 1 aromatic rings. The first kappa shape index (κ1) is 14.3. The molecule has 1 aliphatic heterocycles. The summed E-state index contributed by atoms with van der Waals surface area (Å²) in [6.45, 7) is 2.92. The molecular formula is C15H23BrN4. The molecule has 0 unspecified atom stereocenters. The number of aromatic nitrogens is 2. The van der Waals surface area contributed by atoms with Gasteiger partial charge in [0.2, 0.25) is 0 Å². The van der Waals surface area contributed by atoms with Crippen LogP contribution >= 0.6 is 15.9 Å². The summed E-state index contributed by atoms with van der Waals surface area (Å²) in [6, 6.07) is 0. The molecule has 2 N–H and O–H groups in total. The van der Waals surface area contributed by atoms with Gasteiger partial charge in [-0.3, -0.25) is 0 Å². The zero-order chi connectivity index (χ0) is 13.8. The van der Waals surface area contributed by atoms with E-state index in [0.29, 0.717) is 4.73 Å². The molecular weight excluding hydrogens is 316 g/mol. The Morgan fingerprint density at radius 1 is 1.20 bits per heavy atom. The summed E-state index contributed by atoms with van der Waals surface area (Å²) in [6.07, 6.45) is 9.36. The third kappa shape index (κ3) is 3.50. The highest BCUT2D eigenvalue weighted by atomic mass is 79.9. The van der Waals surface area contributed by atoms with Crippen LogP contribution in [-0.2, 0) is 13.0 Å². The molecule has 0 bridgehead atoms. The van der Waals surface area contributed by atoms with Crippen LogP contribution in [-0.4, -0.2) is 23.1 Å². The van der Waals surface area contributed by atoms with Crippen molar-refractivity contribution in [2.75, 3.05) is 18.4 Å². The number of nitrogens with zero attached hydrogens (tertiary/aromatic N) is 2. The van der Waals surface area contributed by atoms with Gasteiger partial charge in [-0.25, -0.2) is 9.97 Å². The summed E-state index contributed by atoms with van der Waals surface area (Å²) >= 11 is 3.43. The van der Waals surface area contributed by atoms with Crippen molar-refractivity contribution in [2.24, 2.45) is 5.92 Å². The quantitative estimate of drug-likeness (QED) is 0.827. The Bertz CT molecular complexity index is 457. The van der Waals surface area contributed by atoms with E-state index in [-0.39, 0.29) is 0 Å². The molecule has 20 heavy (non-hydrogen) atoms. The largest absolute Gasteiger partial charge is 0.370 e. The van der Waals surface area contributed by atoms with Crippen molar-refractivity contribution < 1.29 is 0 Å². The van der Waals surface area contributed by atoms with Crippen LogP contribution < -0.4 is 10.6 Å². The van der Waals surface area contributed by atoms with Crippen molar-refractivity contribution in [1.82, 2.24) is 15.3 Å². The van der Waals surface area contributed by atoms with Gasteiger partial charge in [-0.15, -0.1) is 0 Å². The fourth-order valence-electron chi connectivity index (χ4n) is 3.33. The van der Waals surface area contributed by atoms with Crippen molar-refractivity contribution in [2.45, 2.75) is 51.5 Å². The Hall–Kier alpha value is -0.680. The highest BCUT2D eigenvalue weighted by molar-refractivity contribution is 9.10. The lowest BCUT2D eigenvalue weighted by molar-refractivity contribution is 0.345. The summed E-state index contributed by atoms with van der Waals surface area (Å²) in [5.41, 5.74) is 2.44. The van der Waals surface area contributed by atoms with E-state index >= 15 is 0 Å². The minimum atomic E-state index is 0.707. The van der Waals surface area contributed by atoms with Crippen LogP contribution in [0.25, 0.3) is 0 Å². The molecule has 0 saturated heterocycles. The van der Waals surface area contributed by atoms with E-state index in [1.807, 2.05) is 0 Å². The van der Waals surface area contributed by atoms with E-state index in [9.17, 15) is 0 Å². The molecule has 3 rings (SSSR count). The number of nitrogens with one attached hydrogen (secondary N) is 2. The first-order valence-electron chi connectivity index (χ1n) is 7.83. The van der Waals surface area contributed by atoms with Gasteiger partial charge in [0.25, 0.3) is 0 Å². The van der Waals surface area contributed by atoms with Gasteiger partial charge < -0.3 is 10.6 Å². The van der Waals surface area contributed by atoms with E-state index in [1.54, 1.807) is 0 Å². The van der Waals surface area contributed by atoms with E-state index in [0.717, 1.165) is 37.8 Å². The van der Waals surface area contributed by atoms with Crippen LogP contribution in [0.15, 0.2) is 4.73 Å². The number of hydrogen-bond acceptors (Lipinski definition) is 4. The number of hydrogen-bond donors (Lipinski definition) is 2. The zero-order valence-electron chi connectivity index (χ0n) is 11.9. The lowest BCUT2D eigenvalue weighted by Crippen LogP contribution is -2.26. The van der Waals surface area contributed by atoms with Crippen LogP contribution in [0, 0.1) is 5.92 Å². The average Bonchev–Trinajstić information content (AvgIpc) is 2.48. The van der Waals surface area contributed by atoms with E-state index < -0.39 is 0 Å². The Morgan fingerprint density at radius 2 is 2.05 bits per heavy atom. The predicted octanol–water partition coefficient (Wildman–Crippen LogP) is 3.27. The number of anilines is 1. The van der Waals surface area contributed by atoms with Crippen molar-refractivity contribution in [3.8, 4) is 0 Å². The Balaban J connectivity index is 1.60. The van der Waals surface area contributed by atoms with E-state index in [4.69, 9.17) is 0 Å². The minimum absolute atomic E-state index is 0.707. The predicted molar refractivity (Wildman–Crippen MR) is 84.8 cm³/mol. The molecule has 4 nitrogen and oxygen atoms in total. The molecule has 0 aromatic carbocycles. The highest BCUT2D eigenvalue weighted by Crippen LogP contribution is 2.27. The van der Waals surface area contributed by atoms with Crippen LogP contribution in [0.3, 0.4) is 0 Å². The maximum absolute atomic E-state index is 4.52. The molecule has 110 valence electrons. The average molecular weight is 339 g/mol. The number of rotatable bonds is 4. The SMILES string of the molecule is Brc1nc2c(c(NCCC3CCCCC3)n1)CNCC2. The second-order valence-electron chi connectivity index (χ2n) is 5.91. The lowest BCUT2D eigenvalue weighted by Gasteiger charge is -2.23. The van der Waals surface area contributed by atoms with Crippen LogP contribution in [0.4, 0.5) is 5.82 Å². The molecule has 1 aliphatic carbocycles. The fraction of sp³-hybridized carbons (Fsp3) is 0.733. The molecule has 2 aliphatic rings. The van der Waals surface area contributed by atoms with Crippen LogP contribution in [0.5, 0.6) is 0 Å². The highest BCUT2D eigenvalue weighted by Gasteiger charge is 2.17. The number of fused-ring (bicyclic) bond motifs is 1. The Labute approximate surface area is 129 Å². The van der Waals surface area contributed by atoms with Gasteiger partial charge in [-0.05, 0) is 28.3 Å². The lowest BCUT2D eigenvalue weighted by atomic mass is 9.87. The van der Waals surface area contributed by atoms with Gasteiger partial charge in [-0.2, -0.15) is 0 Å². The summed E-state index contributed by atoms with van der Waals surface area (Å²) in [5.74, 6) is 1.93. The normalized spacial score (nSPS) is 19.6. The summed E-state index contributed by atoms with van der Waals surface area (Å²) in [4.78, 5) is 9.02. The van der Waals surface area contributed by atoms with Gasteiger partial charge in [0, 0.05) is 31.6 Å². The molecule has 0 radical (unpaired) electrons. The Kier molecular flexibility index (Phi) is 4.89. The van der Waals surface area contributed by atoms with Gasteiger partial charge in [0.15, 0.2) is 4.73 Å². The Morgan fingerprint density at radius 3 is 2.90 bits per heavy atom. The molecule has 1 saturated carbocycles. The van der Waals surface area contributed by atoms with Gasteiger partial charge in [0.05, 0.1) is 5.69 Å². The topological polar surface area (TPSA) is 49.8 Å². The van der Waals surface area contributed by atoms with E-state index in [1.165, 1.54) is 49.8 Å². The fourth-order valence-corrected chi connectivity index (χ4v) is 3.72. The second-order valence-corrected chi connectivity index (χ2v) is 6.62. The van der Waals surface area contributed by atoms with Gasteiger partial charge in [0.1, 0.15) is 5.82 Å². The van der Waals surface area contributed by atoms with Gasteiger partial charge in [-0.1, -0.05) is 32.1 Å². The standard InChI is InChI=1S/C15H23BrN4/c16-15-19-13-7-8-17-10-12(13)14(20-15)18-9-6-11-4-2-1-3-5-11/h11,17H,1-10H2,(H,18,19,20). The zero-order valence-corrected chi connectivity index (χ0v) is 13.5. The van der Waals surface area contributed by atoms with Crippen LogP contribution in [0.1, 0.15) is 49.8 Å². The molecule has 2 heterocycles. The monoisotopic (exact) mass is 338 g/mol. The molecule has 0 atom stereocenters. The van der Waals surface area contributed by atoms with Crippen molar-refractivity contribution >= 4 is 21.7 Å². The smallest absolute Gasteiger partial charge is 0.198 e. The van der Waals surface area contributed by atoms with Crippen LogP contribution in [0.2, 0.25) is 0 Å². The molecule has 1 fully saturated rings. The molecule has 0 spiro atoms. The minimum Gasteiger partial charge on any atom is -0.370 e.